The Balaban J connectivity index is 1.97. The highest BCUT2D eigenvalue weighted by Gasteiger charge is 2.25. The molecule has 0 amide bonds. The minimum Gasteiger partial charge on any atom is -0.477 e. The molecule has 2 aromatic carbocycles. The molecule has 0 saturated carbocycles. The van der Waals surface area contributed by atoms with Crippen molar-refractivity contribution in [2.45, 2.75) is 6.67 Å². The summed E-state index contributed by atoms with van der Waals surface area (Å²) in [5.41, 5.74) is 3.40. The lowest BCUT2D eigenvalue weighted by molar-refractivity contribution is -0.471. The molecule has 0 bridgehead atoms. The zero-order valence-electron chi connectivity index (χ0n) is 11.2. The number of carbonyl (C=O) groups is 1. The van der Waals surface area contributed by atoms with E-state index in [0.717, 1.165) is 22.2 Å². The fraction of sp³-hybridized carbons (Fsp3) is 0.0588. The van der Waals surface area contributed by atoms with E-state index in [1.165, 1.54) is 0 Å². The lowest BCUT2D eigenvalue weighted by atomic mass is 10.1. The van der Waals surface area contributed by atoms with Crippen LogP contribution in [0.3, 0.4) is 0 Å². The molecule has 1 aromatic heterocycles. The molecule has 0 fully saturated rings. The summed E-state index contributed by atoms with van der Waals surface area (Å²) in [5.74, 6) is -0.896. The summed E-state index contributed by atoms with van der Waals surface area (Å²) in [6.07, 6.45) is 2.07. The number of para-hydroxylation sites is 2. The van der Waals surface area contributed by atoms with Crippen molar-refractivity contribution in [1.82, 2.24) is 4.57 Å². The average molecular weight is 277 g/mol. The summed E-state index contributed by atoms with van der Waals surface area (Å²) in [6, 6.07) is 17.6. The molecule has 4 rings (SSSR count). The van der Waals surface area contributed by atoms with E-state index in [4.69, 9.17) is 0 Å². The number of aromatic carboxylic acids is 1. The maximum atomic E-state index is 11.5. The minimum absolute atomic E-state index is 0.325. The van der Waals surface area contributed by atoms with Crippen molar-refractivity contribution in [2.24, 2.45) is 0 Å². The minimum atomic E-state index is -0.896. The van der Waals surface area contributed by atoms with Crippen LogP contribution >= 0.6 is 0 Å². The Kier molecular flexibility index (Phi) is 2.44. The third kappa shape index (κ3) is 1.76. The van der Waals surface area contributed by atoms with Crippen LogP contribution < -0.4 is 0 Å². The van der Waals surface area contributed by atoms with Crippen LogP contribution in [0.25, 0.3) is 10.9 Å². The number of benzene rings is 2. The van der Waals surface area contributed by atoms with Crippen LogP contribution in [-0.4, -0.2) is 26.4 Å². The van der Waals surface area contributed by atoms with Crippen molar-refractivity contribution in [1.29, 1.82) is 0 Å². The highest BCUT2D eigenvalue weighted by atomic mass is 16.4. The topological polar surface area (TPSA) is 45.2 Å². The van der Waals surface area contributed by atoms with Gasteiger partial charge in [0.2, 0.25) is 12.4 Å². The molecular formula is C17H13N2O2+. The van der Waals surface area contributed by atoms with Crippen molar-refractivity contribution in [3.63, 3.8) is 0 Å². The zero-order chi connectivity index (χ0) is 14.4. The fourth-order valence-corrected chi connectivity index (χ4v) is 2.92. The predicted octanol–water partition coefficient (Wildman–Crippen LogP) is 3.07. The van der Waals surface area contributed by atoms with Crippen LogP contribution in [0, 0.1) is 0 Å². The van der Waals surface area contributed by atoms with E-state index in [1.54, 1.807) is 6.07 Å². The van der Waals surface area contributed by atoms with Crippen LogP contribution in [0.1, 0.15) is 16.1 Å². The first-order valence-electron chi connectivity index (χ1n) is 6.76. The average Bonchev–Trinajstić information content (AvgIpc) is 2.89. The lowest BCUT2D eigenvalue weighted by Crippen LogP contribution is -2.21. The van der Waals surface area contributed by atoms with Gasteiger partial charge in [0.05, 0.1) is 11.1 Å². The molecule has 0 aliphatic carbocycles. The molecule has 2 heterocycles. The third-order valence-corrected chi connectivity index (χ3v) is 3.85. The van der Waals surface area contributed by atoms with Crippen LogP contribution in [-0.2, 0) is 6.67 Å². The van der Waals surface area contributed by atoms with Gasteiger partial charge in [-0.2, -0.15) is 4.58 Å². The number of carboxylic acid groups (broad SMARTS) is 1. The number of carboxylic acids is 1. The van der Waals surface area contributed by atoms with E-state index in [-0.39, 0.29) is 0 Å². The van der Waals surface area contributed by atoms with Crippen LogP contribution in [0.4, 0.5) is 5.69 Å². The summed E-state index contributed by atoms with van der Waals surface area (Å²) >= 11 is 0. The van der Waals surface area contributed by atoms with Gasteiger partial charge >= 0.3 is 5.97 Å². The third-order valence-electron chi connectivity index (χ3n) is 3.85. The van der Waals surface area contributed by atoms with Crippen LogP contribution in [0.15, 0.2) is 54.6 Å². The normalized spacial score (nSPS) is 13.2. The van der Waals surface area contributed by atoms with Gasteiger partial charge in [0.15, 0.2) is 6.21 Å². The summed E-state index contributed by atoms with van der Waals surface area (Å²) in [4.78, 5) is 11.5. The molecule has 21 heavy (non-hydrogen) atoms. The summed E-state index contributed by atoms with van der Waals surface area (Å²) in [7, 11) is 0. The molecule has 3 aromatic rings. The Morgan fingerprint density at radius 3 is 2.67 bits per heavy atom. The lowest BCUT2D eigenvalue weighted by Gasteiger charge is -2.13. The molecule has 1 aliphatic rings. The molecule has 0 saturated heterocycles. The fourth-order valence-electron chi connectivity index (χ4n) is 2.92. The number of hydrogen-bond acceptors (Lipinski definition) is 1. The number of aromatic nitrogens is 1. The first kappa shape index (κ1) is 11.9. The highest BCUT2D eigenvalue weighted by Crippen LogP contribution is 2.27. The van der Waals surface area contributed by atoms with Crippen molar-refractivity contribution >= 4 is 28.8 Å². The van der Waals surface area contributed by atoms with Crippen molar-refractivity contribution in [3.8, 4) is 0 Å². The summed E-state index contributed by atoms with van der Waals surface area (Å²) in [5, 5.41) is 10.4. The number of rotatable bonds is 2. The molecule has 4 nitrogen and oxygen atoms in total. The van der Waals surface area contributed by atoms with Crippen molar-refractivity contribution in [3.05, 3.63) is 65.9 Å². The molecule has 102 valence electrons. The SMILES string of the molecule is O=C(O)c1cc2cccc3c2n1C[N+](c1ccccc1)=C3. The van der Waals surface area contributed by atoms with Crippen LogP contribution in [0.5, 0.6) is 0 Å². The Bertz CT molecular complexity index is 892. The first-order chi connectivity index (χ1) is 10.2. The van der Waals surface area contributed by atoms with Gasteiger partial charge in [-0.1, -0.05) is 30.3 Å². The van der Waals surface area contributed by atoms with E-state index < -0.39 is 5.97 Å². The molecule has 0 atom stereocenters. The van der Waals surface area contributed by atoms with E-state index in [1.807, 2.05) is 53.1 Å². The van der Waals surface area contributed by atoms with Gasteiger partial charge in [0.1, 0.15) is 5.69 Å². The van der Waals surface area contributed by atoms with E-state index in [0.29, 0.717) is 12.4 Å². The zero-order valence-corrected chi connectivity index (χ0v) is 11.2. The predicted molar refractivity (Wildman–Crippen MR) is 80.4 cm³/mol. The Morgan fingerprint density at radius 1 is 1.10 bits per heavy atom. The second-order valence-corrected chi connectivity index (χ2v) is 5.12. The molecular weight excluding hydrogens is 264 g/mol. The Labute approximate surface area is 121 Å². The maximum Gasteiger partial charge on any atom is 0.352 e. The smallest absolute Gasteiger partial charge is 0.352 e. The first-order valence-corrected chi connectivity index (χ1v) is 6.76. The largest absolute Gasteiger partial charge is 0.477 e. The standard InChI is InChI=1S/C17H12N2O2/c20-17(21)15-9-12-5-4-6-13-10-18(11-19(15)16(12)13)14-7-2-1-3-8-14/h1-10H,11H2/p+1. The van der Waals surface area contributed by atoms with Gasteiger partial charge in [-0.25, -0.2) is 4.79 Å². The Hall–Kier alpha value is -2.88. The highest BCUT2D eigenvalue weighted by molar-refractivity contribution is 6.02. The maximum absolute atomic E-state index is 11.5. The second kappa shape index (κ2) is 4.31. The molecule has 4 heteroatoms. The second-order valence-electron chi connectivity index (χ2n) is 5.12. The molecule has 1 aliphatic heterocycles. The van der Waals surface area contributed by atoms with Crippen LogP contribution in [0.2, 0.25) is 0 Å². The molecule has 0 unspecified atom stereocenters. The monoisotopic (exact) mass is 277 g/mol. The number of hydrogen-bond donors (Lipinski definition) is 1. The van der Waals surface area contributed by atoms with Gasteiger partial charge in [0, 0.05) is 17.5 Å². The summed E-state index contributed by atoms with van der Waals surface area (Å²) < 4.78 is 3.92. The van der Waals surface area contributed by atoms with E-state index in [9.17, 15) is 9.90 Å². The molecule has 0 radical (unpaired) electrons. The van der Waals surface area contributed by atoms with Gasteiger partial charge < -0.3 is 5.11 Å². The van der Waals surface area contributed by atoms with Crippen molar-refractivity contribution in [2.75, 3.05) is 0 Å². The van der Waals surface area contributed by atoms with Gasteiger partial charge in [0.25, 0.3) is 0 Å². The quantitative estimate of drug-likeness (QED) is 0.732. The summed E-state index contributed by atoms with van der Waals surface area (Å²) in [6.45, 7) is 0.506. The van der Waals surface area contributed by atoms with Crippen molar-refractivity contribution < 1.29 is 14.5 Å². The van der Waals surface area contributed by atoms with Gasteiger partial charge in [-0.3, -0.25) is 4.57 Å². The molecule has 1 N–H and O–H groups in total. The van der Waals surface area contributed by atoms with Gasteiger partial charge in [-0.05, 0) is 12.1 Å². The molecule has 0 spiro atoms. The van der Waals surface area contributed by atoms with E-state index >= 15 is 0 Å². The number of nitrogens with zero attached hydrogens (tertiary/aromatic N) is 2. The van der Waals surface area contributed by atoms with E-state index in [2.05, 4.69) is 10.8 Å². The van der Waals surface area contributed by atoms with Gasteiger partial charge in [-0.15, -0.1) is 0 Å². The Morgan fingerprint density at radius 2 is 1.90 bits per heavy atom.